The maximum atomic E-state index is 10.8. The average molecular weight is 149 g/mol. The van der Waals surface area contributed by atoms with Crippen molar-refractivity contribution in [3.05, 3.63) is 31.3 Å². The molecule has 57 valence electrons. The maximum absolute atomic E-state index is 10.8. The van der Waals surface area contributed by atoms with E-state index < -0.39 is 0 Å². The van der Waals surface area contributed by atoms with Crippen LogP contribution in [0, 0.1) is 6.92 Å². The predicted octanol–water partition coefficient (Wildman–Crippen LogP) is 1.24. The van der Waals surface area contributed by atoms with E-state index in [0.717, 1.165) is 0 Å². The van der Waals surface area contributed by atoms with Crippen molar-refractivity contribution in [2.24, 2.45) is 0 Å². The van der Waals surface area contributed by atoms with Gasteiger partial charge in [0.05, 0.1) is 0 Å². The Labute approximate surface area is 65.5 Å². The second-order valence-electron chi connectivity index (χ2n) is 2.01. The summed E-state index contributed by atoms with van der Waals surface area (Å²) in [6, 6.07) is 5.33. The molecule has 0 atom stereocenters. The van der Waals surface area contributed by atoms with Gasteiger partial charge in [0.25, 0.3) is 0 Å². The van der Waals surface area contributed by atoms with Gasteiger partial charge in [-0.25, -0.2) is 4.98 Å². The van der Waals surface area contributed by atoms with Crippen molar-refractivity contribution in [3.8, 4) is 0 Å². The molecule has 0 fully saturated rings. The van der Waals surface area contributed by atoms with E-state index in [1.165, 1.54) is 0 Å². The highest BCUT2D eigenvalue weighted by atomic mass is 16.1. The number of amides is 1. The Hall–Kier alpha value is -1.38. The largest absolute Gasteiger partial charge is 0.311 e. The highest BCUT2D eigenvalue weighted by Crippen LogP contribution is 1.99. The zero-order valence-electron chi connectivity index (χ0n) is 6.08. The first-order valence-electron chi connectivity index (χ1n) is 3.33. The fourth-order valence-corrected chi connectivity index (χ4v) is 0.642. The van der Waals surface area contributed by atoms with E-state index in [4.69, 9.17) is 0 Å². The smallest absolute Gasteiger partial charge is 0.225 e. The Morgan fingerprint density at radius 2 is 2.45 bits per heavy atom. The lowest BCUT2D eigenvalue weighted by Crippen LogP contribution is -2.10. The molecule has 3 heteroatoms. The molecule has 1 aromatic heterocycles. The fourth-order valence-electron chi connectivity index (χ4n) is 0.642. The number of hydrogen-bond donors (Lipinski definition) is 1. The zero-order valence-corrected chi connectivity index (χ0v) is 6.08. The molecule has 0 saturated carbocycles. The summed E-state index contributed by atoms with van der Waals surface area (Å²) in [5, 5.41) is 2.58. The van der Waals surface area contributed by atoms with Crippen molar-refractivity contribution >= 4 is 11.7 Å². The third kappa shape index (κ3) is 2.37. The van der Waals surface area contributed by atoms with Crippen LogP contribution in [0.2, 0.25) is 0 Å². The Kier molecular flexibility index (Phi) is 2.60. The van der Waals surface area contributed by atoms with Gasteiger partial charge in [0, 0.05) is 12.6 Å². The topological polar surface area (TPSA) is 42.0 Å². The van der Waals surface area contributed by atoms with Crippen LogP contribution in [-0.2, 0) is 4.79 Å². The Bertz CT molecular complexity index is 233. The number of carbonyl (C=O) groups excluding carboxylic acids is 1. The Morgan fingerprint density at radius 1 is 1.64 bits per heavy atom. The first-order chi connectivity index (χ1) is 5.33. The number of anilines is 1. The van der Waals surface area contributed by atoms with Crippen LogP contribution >= 0.6 is 0 Å². The van der Waals surface area contributed by atoms with Crippen LogP contribution < -0.4 is 5.32 Å². The van der Waals surface area contributed by atoms with Crippen LogP contribution in [-0.4, -0.2) is 10.9 Å². The highest BCUT2D eigenvalue weighted by Gasteiger charge is 1.96. The van der Waals surface area contributed by atoms with Crippen LogP contribution in [0.4, 0.5) is 5.82 Å². The molecule has 3 nitrogen and oxygen atoms in total. The second kappa shape index (κ2) is 3.71. The molecule has 1 rings (SSSR count). The van der Waals surface area contributed by atoms with Gasteiger partial charge < -0.3 is 5.32 Å². The van der Waals surface area contributed by atoms with Gasteiger partial charge in [-0.1, -0.05) is 6.07 Å². The fraction of sp³-hybridized carbons (Fsp3) is 0.125. The molecule has 1 N–H and O–H groups in total. The van der Waals surface area contributed by atoms with E-state index in [1.807, 2.05) is 6.07 Å². The summed E-state index contributed by atoms with van der Waals surface area (Å²) >= 11 is 0. The van der Waals surface area contributed by atoms with Crippen LogP contribution in [0.25, 0.3) is 0 Å². The maximum Gasteiger partial charge on any atom is 0.225 e. The summed E-state index contributed by atoms with van der Waals surface area (Å²) in [5.74, 6) is 0.449. The first kappa shape index (κ1) is 7.72. The highest BCUT2D eigenvalue weighted by molar-refractivity contribution is 5.89. The SMILES string of the molecule is [CH2]CC(=O)Nc1ccccn1. The molecule has 1 aromatic rings. The van der Waals surface area contributed by atoms with Gasteiger partial charge in [-0.3, -0.25) is 4.79 Å². The molecular weight excluding hydrogens is 140 g/mol. The van der Waals surface area contributed by atoms with Gasteiger partial charge in [0.15, 0.2) is 0 Å². The molecule has 0 unspecified atom stereocenters. The Balaban J connectivity index is 2.58. The van der Waals surface area contributed by atoms with Crippen LogP contribution in [0.1, 0.15) is 6.42 Å². The third-order valence-electron chi connectivity index (χ3n) is 1.16. The monoisotopic (exact) mass is 149 g/mol. The summed E-state index contributed by atoms with van der Waals surface area (Å²) < 4.78 is 0. The predicted molar refractivity (Wildman–Crippen MR) is 42.8 cm³/mol. The minimum atomic E-state index is -0.122. The van der Waals surface area contributed by atoms with E-state index >= 15 is 0 Å². The van der Waals surface area contributed by atoms with Crippen molar-refractivity contribution < 1.29 is 4.79 Å². The van der Waals surface area contributed by atoms with Crippen molar-refractivity contribution in [3.63, 3.8) is 0 Å². The number of carbonyl (C=O) groups is 1. The van der Waals surface area contributed by atoms with Gasteiger partial charge in [-0.05, 0) is 19.1 Å². The summed E-state index contributed by atoms with van der Waals surface area (Å²) in [7, 11) is 0. The van der Waals surface area contributed by atoms with Crippen molar-refractivity contribution in [1.82, 2.24) is 4.98 Å². The zero-order chi connectivity index (χ0) is 8.10. The molecule has 0 spiro atoms. The average Bonchev–Trinajstić information content (AvgIpc) is 2.06. The molecule has 1 amide bonds. The van der Waals surface area contributed by atoms with Gasteiger partial charge in [-0.2, -0.15) is 0 Å². The van der Waals surface area contributed by atoms with E-state index in [-0.39, 0.29) is 12.3 Å². The number of hydrogen-bond acceptors (Lipinski definition) is 2. The molecule has 0 aromatic carbocycles. The molecular formula is C8H9N2O. The summed E-state index contributed by atoms with van der Waals surface area (Å²) in [6.07, 6.45) is 1.86. The second-order valence-corrected chi connectivity index (χ2v) is 2.01. The molecule has 0 aliphatic carbocycles. The summed E-state index contributed by atoms with van der Waals surface area (Å²) in [4.78, 5) is 14.7. The number of aromatic nitrogens is 1. The van der Waals surface area contributed by atoms with Gasteiger partial charge in [-0.15, -0.1) is 0 Å². The number of pyridine rings is 1. The van der Waals surface area contributed by atoms with Gasteiger partial charge in [0.1, 0.15) is 5.82 Å². The molecule has 0 bridgehead atoms. The van der Waals surface area contributed by atoms with Crippen LogP contribution in [0.5, 0.6) is 0 Å². The van der Waals surface area contributed by atoms with Crippen LogP contribution in [0.3, 0.4) is 0 Å². The molecule has 1 heterocycles. The summed E-state index contributed by atoms with van der Waals surface area (Å²) in [6.45, 7) is 3.44. The third-order valence-corrected chi connectivity index (χ3v) is 1.16. The van der Waals surface area contributed by atoms with Gasteiger partial charge >= 0.3 is 0 Å². The lowest BCUT2D eigenvalue weighted by Gasteiger charge is -1.99. The lowest BCUT2D eigenvalue weighted by molar-refractivity contribution is -0.115. The number of nitrogens with one attached hydrogen (secondary N) is 1. The number of rotatable bonds is 2. The quantitative estimate of drug-likeness (QED) is 0.687. The minimum absolute atomic E-state index is 0.122. The molecule has 0 aliphatic heterocycles. The lowest BCUT2D eigenvalue weighted by atomic mass is 10.4. The molecule has 11 heavy (non-hydrogen) atoms. The van der Waals surface area contributed by atoms with E-state index in [1.54, 1.807) is 18.3 Å². The van der Waals surface area contributed by atoms with Gasteiger partial charge in [0.2, 0.25) is 5.91 Å². The van der Waals surface area contributed by atoms with E-state index in [0.29, 0.717) is 5.82 Å². The van der Waals surface area contributed by atoms with Crippen molar-refractivity contribution in [2.75, 3.05) is 5.32 Å². The van der Waals surface area contributed by atoms with Crippen LogP contribution in [0.15, 0.2) is 24.4 Å². The normalized spacial score (nSPS) is 9.18. The number of nitrogens with zero attached hydrogens (tertiary/aromatic N) is 1. The molecule has 1 radical (unpaired) electrons. The standard InChI is InChI=1S/C8H9N2O/c1-2-8(11)10-7-5-3-4-6-9-7/h3-6H,1-2H2,(H,9,10,11). The minimum Gasteiger partial charge on any atom is -0.311 e. The molecule has 0 saturated heterocycles. The van der Waals surface area contributed by atoms with E-state index in [2.05, 4.69) is 17.2 Å². The molecule has 0 aliphatic rings. The van der Waals surface area contributed by atoms with Crippen molar-refractivity contribution in [2.45, 2.75) is 6.42 Å². The summed E-state index contributed by atoms with van der Waals surface area (Å²) in [5.41, 5.74) is 0. The van der Waals surface area contributed by atoms with E-state index in [9.17, 15) is 4.79 Å². The Morgan fingerprint density at radius 3 is 3.00 bits per heavy atom. The first-order valence-corrected chi connectivity index (χ1v) is 3.33. The van der Waals surface area contributed by atoms with Crippen molar-refractivity contribution in [1.29, 1.82) is 0 Å².